The van der Waals surface area contributed by atoms with Gasteiger partial charge >= 0.3 is 5.97 Å². The molecule has 21 heavy (non-hydrogen) atoms. The molecule has 0 aromatic carbocycles. The van der Waals surface area contributed by atoms with Crippen molar-refractivity contribution in [3.05, 3.63) is 12.2 Å². The predicted molar refractivity (Wildman–Crippen MR) is 87.1 cm³/mol. The molecule has 0 aromatic rings. The molecule has 0 amide bonds. The Morgan fingerprint density at radius 1 is 0.762 bits per heavy atom. The minimum Gasteiger partial charge on any atom is -0.481 e. The van der Waals surface area contributed by atoms with E-state index in [0.29, 0.717) is 6.42 Å². The van der Waals surface area contributed by atoms with Gasteiger partial charge in [-0.25, -0.2) is 0 Å². The zero-order chi connectivity index (χ0) is 14.9. The van der Waals surface area contributed by atoms with Crippen LogP contribution in [0.3, 0.4) is 0 Å². The first kappa shape index (κ1) is 23.4. The van der Waals surface area contributed by atoms with Crippen LogP contribution >= 0.6 is 0 Å². The molecule has 0 bridgehead atoms. The summed E-state index contributed by atoms with van der Waals surface area (Å²) in [7, 11) is 0. The molecule has 0 atom stereocenters. The van der Waals surface area contributed by atoms with Gasteiger partial charge in [0.25, 0.3) is 0 Å². The number of unbranched alkanes of at least 4 members (excludes halogenated alkanes) is 11. The van der Waals surface area contributed by atoms with Crippen LogP contribution in [0.25, 0.3) is 0 Å². The van der Waals surface area contributed by atoms with Crippen LogP contribution in [0, 0.1) is 0 Å². The number of hydrogen-bond acceptors (Lipinski definition) is 1. The third kappa shape index (κ3) is 22.6. The molecule has 0 fully saturated rings. The van der Waals surface area contributed by atoms with E-state index in [4.69, 9.17) is 5.11 Å². The van der Waals surface area contributed by atoms with Crippen molar-refractivity contribution in [2.45, 2.75) is 96.8 Å². The van der Waals surface area contributed by atoms with Crippen LogP contribution in [0.5, 0.6) is 0 Å². The summed E-state index contributed by atoms with van der Waals surface area (Å²) in [5, 5.41) is 8.51. The Bertz CT molecular complexity index is 239. The maximum Gasteiger partial charge on any atom is 0.303 e. The summed E-state index contributed by atoms with van der Waals surface area (Å²) in [6.07, 6.45) is 21.2. The Morgan fingerprint density at radius 3 is 1.67 bits per heavy atom. The van der Waals surface area contributed by atoms with Gasteiger partial charge in [0, 0.05) is 33.7 Å². The molecule has 0 aliphatic carbocycles. The molecular formula is C18H34CdO2. The number of rotatable bonds is 15. The van der Waals surface area contributed by atoms with E-state index in [-0.39, 0.29) is 27.3 Å². The third-order valence-corrected chi connectivity index (χ3v) is 3.65. The second-order valence-corrected chi connectivity index (χ2v) is 5.73. The van der Waals surface area contributed by atoms with Gasteiger partial charge in [-0.05, 0) is 32.1 Å². The monoisotopic (exact) mass is 396 g/mol. The van der Waals surface area contributed by atoms with E-state index in [9.17, 15) is 4.79 Å². The van der Waals surface area contributed by atoms with E-state index in [1.807, 2.05) is 0 Å². The van der Waals surface area contributed by atoms with E-state index in [1.54, 1.807) is 0 Å². The molecule has 120 valence electrons. The molecule has 0 unspecified atom stereocenters. The quantitative estimate of drug-likeness (QED) is 0.207. The van der Waals surface area contributed by atoms with Crippen molar-refractivity contribution in [2.75, 3.05) is 0 Å². The van der Waals surface area contributed by atoms with Crippen molar-refractivity contribution >= 4 is 5.97 Å². The van der Waals surface area contributed by atoms with E-state index in [2.05, 4.69) is 19.1 Å². The van der Waals surface area contributed by atoms with Crippen molar-refractivity contribution in [2.24, 2.45) is 0 Å². The predicted octanol–water partition coefficient (Wildman–Crippen LogP) is 6.11. The Labute approximate surface area is 151 Å². The topological polar surface area (TPSA) is 37.3 Å². The molecule has 0 spiro atoms. The summed E-state index contributed by atoms with van der Waals surface area (Å²) in [5.41, 5.74) is 0. The van der Waals surface area contributed by atoms with Crippen molar-refractivity contribution in [1.82, 2.24) is 0 Å². The van der Waals surface area contributed by atoms with Crippen molar-refractivity contribution in [3.63, 3.8) is 0 Å². The van der Waals surface area contributed by atoms with Crippen molar-refractivity contribution < 1.29 is 37.2 Å². The number of carbonyl (C=O) groups is 1. The van der Waals surface area contributed by atoms with Gasteiger partial charge in [-0.1, -0.05) is 70.4 Å². The van der Waals surface area contributed by atoms with E-state index in [1.165, 1.54) is 70.6 Å². The average molecular weight is 395 g/mol. The van der Waals surface area contributed by atoms with Gasteiger partial charge in [0.15, 0.2) is 0 Å². The van der Waals surface area contributed by atoms with Gasteiger partial charge < -0.3 is 5.11 Å². The van der Waals surface area contributed by atoms with Gasteiger partial charge in [-0.2, -0.15) is 0 Å². The summed E-state index contributed by atoms with van der Waals surface area (Å²) < 4.78 is 0. The van der Waals surface area contributed by atoms with E-state index in [0.717, 1.165) is 12.8 Å². The first-order valence-corrected chi connectivity index (χ1v) is 8.64. The minimum atomic E-state index is -0.664. The molecule has 0 aliphatic heterocycles. The maximum atomic E-state index is 10.3. The first-order valence-electron chi connectivity index (χ1n) is 8.64. The Kier molecular flexibility index (Phi) is 22.4. The molecule has 3 heteroatoms. The molecule has 2 nitrogen and oxygen atoms in total. The fraction of sp³-hybridized carbons (Fsp3) is 0.833. The van der Waals surface area contributed by atoms with Gasteiger partial charge in [0.05, 0.1) is 0 Å². The number of carboxylic acid groups (broad SMARTS) is 1. The van der Waals surface area contributed by atoms with Gasteiger partial charge in [0.1, 0.15) is 0 Å². The average Bonchev–Trinajstić information content (AvgIpc) is 2.43. The third-order valence-electron chi connectivity index (χ3n) is 3.65. The summed E-state index contributed by atoms with van der Waals surface area (Å²) in [6.45, 7) is 2.26. The molecule has 0 heterocycles. The number of hydrogen-bond donors (Lipinski definition) is 1. The number of aliphatic carboxylic acids is 1. The standard InChI is InChI=1S/C18H34O2.Cd/c1-2-3-4-5-6-7-8-9-10-11-12-13-14-15-16-17-18(19)20;/h9-10H,2-8,11-17H2,1H3,(H,19,20);/b10-9-;. The molecule has 0 aromatic heterocycles. The second-order valence-electron chi connectivity index (χ2n) is 5.73. The molecule has 0 saturated carbocycles. The fourth-order valence-electron chi connectivity index (χ4n) is 2.35. The SMILES string of the molecule is CCCCCCCC/C=C\CCCCCCCC(=O)O.[Cd]. The Hall–Kier alpha value is 0.132. The van der Waals surface area contributed by atoms with Crippen LogP contribution in [-0.2, 0) is 32.1 Å². The smallest absolute Gasteiger partial charge is 0.303 e. The van der Waals surface area contributed by atoms with Crippen molar-refractivity contribution in [3.8, 4) is 0 Å². The summed E-state index contributed by atoms with van der Waals surface area (Å²) in [6, 6.07) is 0. The minimum absolute atomic E-state index is 0. The van der Waals surface area contributed by atoms with Gasteiger partial charge in [0.2, 0.25) is 0 Å². The zero-order valence-electron chi connectivity index (χ0n) is 14.1. The van der Waals surface area contributed by atoms with Gasteiger partial charge in [-0.3, -0.25) is 4.79 Å². The summed E-state index contributed by atoms with van der Waals surface area (Å²) in [5.74, 6) is -0.664. The molecule has 0 aliphatic rings. The molecule has 0 radical (unpaired) electrons. The largest absolute Gasteiger partial charge is 0.481 e. The fourth-order valence-corrected chi connectivity index (χ4v) is 2.35. The van der Waals surface area contributed by atoms with E-state index >= 15 is 0 Å². The Morgan fingerprint density at radius 2 is 1.19 bits per heavy atom. The van der Waals surface area contributed by atoms with Gasteiger partial charge in [-0.15, -0.1) is 0 Å². The Balaban J connectivity index is 0. The molecular weight excluding hydrogens is 361 g/mol. The first-order chi connectivity index (χ1) is 9.77. The molecule has 0 rings (SSSR count). The maximum absolute atomic E-state index is 10.3. The molecule has 0 saturated heterocycles. The van der Waals surface area contributed by atoms with Crippen LogP contribution in [0.4, 0.5) is 0 Å². The molecule has 1 N–H and O–H groups in total. The van der Waals surface area contributed by atoms with Crippen molar-refractivity contribution in [1.29, 1.82) is 0 Å². The van der Waals surface area contributed by atoms with Crippen LogP contribution in [-0.4, -0.2) is 11.1 Å². The zero-order valence-corrected chi connectivity index (χ0v) is 18.2. The number of carboxylic acids is 1. The van der Waals surface area contributed by atoms with Crippen LogP contribution < -0.4 is 0 Å². The van der Waals surface area contributed by atoms with E-state index < -0.39 is 5.97 Å². The second kappa shape index (κ2) is 20.1. The van der Waals surface area contributed by atoms with Crippen LogP contribution in [0.1, 0.15) is 96.8 Å². The van der Waals surface area contributed by atoms with Crippen LogP contribution in [0.15, 0.2) is 12.2 Å². The van der Waals surface area contributed by atoms with Crippen LogP contribution in [0.2, 0.25) is 0 Å². The number of allylic oxidation sites excluding steroid dienone is 2. The summed E-state index contributed by atoms with van der Waals surface area (Å²) >= 11 is 0. The normalized spacial score (nSPS) is 10.7. The summed E-state index contributed by atoms with van der Waals surface area (Å²) in [4.78, 5) is 10.3.